The number of nitrogens with two attached hydrogens (primary N) is 1. The normalized spacial score (nSPS) is 11.3. The van der Waals surface area contributed by atoms with Crippen molar-refractivity contribution in [3.05, 3.63) is 47.5 Å². The van der Waals surface area contributed by atoms with E-state index in [4.69, 9.17) is 17.3 Å². The predicted molar refractivity (Wildman–Crippen MR) is 84.2 cm³/mol. The first-order valence-corrected chi connectivity index (χ1v) is 8.05. The Kier molecular flexibility index (Phi) is 4.29. The van der Waals surface area contributed by atoms with Crippen LogP contribution in [0.1, 0.15) is 6.92 Å². The number of nitrogens with zero attached hydrogens (tertiary/aromatic N) is 1. The van der Waals surface area contributed by atoms with Crippen molar-refractivity contribution in [2.24, 2.45) is 0 Å². The van der Waals surface area contributed by atoms with Crippen LogP contribution in [0.3, 0.4) is 0 Å². The smallest absolute Gasteiger partial charge is 0.264 e. The molecule has 3 N–H and O–H groups in total. The number of phenols is 1. The molecule has 2 rings (SSSR count). The first-order chi connectivity index (χ1) is 9.86. The van der Waals surface area contributed by atoms with Crippen molar-refractivity contribution in [1.82, 2.24) is 0 Å². The molecule has 0 aliphatic rings. The number of sulfonamides is 1. The van der Waals surface area contributed by atoms with Crippen molar-refractivity contribution in [1.29, 1.82) is 0 Å². The highest BCUT2D eigenvalue weighted by atomic mass is 35.5. The van der Waals surface area contributed by atoms with Crippen molar-refractivity contribution in [3.8, 4) is 5.75 Å². The molecule has 0 aliphatic heterocycles. The standard InChI is InChI=1S/C14H15ClN2O3S/c1-2-17(10-4-3-5-11(18)8-10)21(19,20)12-6-7-13(15)14(16)9-12/h3-9,18H,2,16H2,1H3. The molecular formula is C14H15ClN2O3S. The van der Waals surface area contributed by atoms with Gasteiger partial charge >= 0.3 is 0 Å². The van der Waals surface area contributed by atoms with E-state index in [-0.39, 0.29) is 22.9 Å². The van der Waals surface area contributed by atoms with Gasteiger partial charge in [0.05, 0.1) is 21.3 Å². The third-order valence-corrected chi connectivity index (χ3v) is 5.20. The van der Waals surface area contributed by atoms with Gasteiger partial charge < -0.3 is 10.8 Å². The summed E-state index contributed by atoms with van der Waals surface area (Å²) in [6.07, 6.45) is 0. The molecule has 0 aromatic heterocycles. The summed E-state index contributed by atoms with van der Waals surface area (Å²) in [5.74, 6) is -0.00299. The van der Waals surface area contributed by atoms with E-state index in [9.17, 15) is 13.5 Å². The first-order valence-electron chi connectivity index (χ1n) is 6.23. The summed E-state index contributed by atoms with van der Waals surface area (Å²) < 4.78 is 26.6. The van der Waals surface area contributed by atoms with Crippen LogP contribution in [0.15, 0.2) is 47.4 Å². The zero-order chi connectivity index (χ0) is 15.6. The van der Waals surface area contributed by atoms with Crippen LogP contribution in [0, 0.1) is 0 Å². The van der Waals surface area contributed by atoms with Crippen LogP contribution >= 0.6 is 11.6 Å². The van der Waals surface area contributed by atoms with Crippen LogP contribution in [0.25, 0.3) is 0 Å². The molecule has 2 aromatic rings. The minimum atomic E-state index is -3.78. The van der Waals surface area contributed by atoms with Crippen LogP contribution in [-0.4, -0.2) is 20.1 Å². The summed E-state index contributed by atoms with van der Waals surface area (Å²) in [7, 11) is -3.78. The Balaban J connectivity index is 2.51. The zero-order valence-electron chi connectivity index (χ0n) is 11.3. The molecule has 0 amide bonds. The highest BCUT2D eigenvalue weighted by Gasteiger charge is 2.24. The molecule has 0 aliphatic carbocycles. The summed E-state index contributed by atoms with van der Waals surface area (Å²) in [6.45, 7) is 1.93. The lowest BCUT2D eigenvalue weighted by molar-refractivity contribution is 0.475. The van der Waals surface area contributed by atoms with E-state index in [1.54, 1.807) is 19.1 Å². The molecule has 5 nitrogen and oxygen atoms in total. The molecule has 0 spiro atoms. The molecule has 2 aromatic carbocycles. The van der Waals surface area contributed by atoms with Crippen molar-refractivity contribution < 1.29 is 13.5 Å². The number of phenolic OH excluding ortho intramolecular Hbond substituents is 1. The lowest BCUT2D eigenvalue weighted by Gasteiger charge is -2.23. The largest absolute Gasteiger partial charge is 0.508 e. The second kappa shape index (κ2) is 5.83. The van der Waals surface area contributed by atoms with E-state index in [0.29, 0.717) is 10.7 Å². The van der Waals surface area contributed by atoms with Gasteiger partial charge in [-0.2, -0.15) is 0 Å². The fourth-order valence-electron chi connectivity index (χ4n) is 1.95. The van der Waals surface area contributed by atoms with Crippen molar-refractivity contribution >= 4 is 33.0 Å². The summed E-state index contributed by atoms with van der Waals surface area (Å²) >= 11 is 5.82. The van der Waals surface area contributed by atoms with Crippen LogP contribution < -0.4 is 10.0 Å². The van der Waals surface area contributed by atoms with E-state index in [1.165, 1.54) is 34.6 Å². The van der Waals surface area contributed by atoms with Gasteiger partial charge in [0, 0.05) is 12.6 Å². The predicted octanol–water partition coefficient (Wildman–Crippen LogP) is 2.84. The summed E-state index contributed by atoms with van der Waals surface area (Å²) in [5.41, 5.74) is 6.25. The lowest BCUT2D eigenvalue weighted by atomic mass is 10.3. The van der Waals surface area contributed by atoms with Gasteiger partial charge in [0.1, 0.15) is 5.75 Å². The Bertz CT molecular complexity index is 763. The topological polar surface area (TPSA) is 83.6 Å². The van der Waals surface area contributed by atoms with Crippen molar-refractivity contribution in [2.45, 2.75) is 11.8 Å². The third kappa shape index (κ3) is 3.06. The Morgan fingerprint density at radius 3 is 2.52 bits per heavy atom. The molecule has 0 radical (unpaired) electrons. The van der Waals surface area contributed by atoms with Gasteiger partial charge in [-0.15, -0.1) is 0 Å². The second-order valence-corrected chi connectivity index (χ2v) is 6.64. The third-order valence-electron chi connectivity index (χ3n) is 2.96. The van der Waals surface area contributed by atoms with E-state index in [0.717, 1.165) is 0 Å². The number of anilines is 2. The number of hydrogen-bond acceptors (Lipinski definition) is 4. The van der Waals surface area contributed by atoms with Gasteiger partial charge in [-0.3, -0.25) is 4.31 Å². The summed E-state index contributed by atoms with van der Waals surface area (Å²) in [6, 6.07) is 10.2. The Morgan fingerprint density at radius 2 is 1.95 bits per heavy atom. The molecule has 112 valence electrons. The minimum absolute atomic E-state index is 0.00299. The average Bonchev–Trinajstić information content (AvgIpc) is 2.42. The van der Waals surface area contributed by atoms with Gasteiger partial charge in [0.15, 0.2) is 0 Å². The van der Waals surface area contributed by atoms with E-state index in [1.807, 2.05) is 0 Å². The van der Waals surface area contributed by atoms with Gasteiger partial charge in [0.2, 0.25) is 0 Å². The number of benzene rings is 2. The second-order valence-electron chi connectivity index (χ2n) is 4.37. The van der Waals surface area contributed by atoms with Crippen LogP contribution in [0.4, 0.5) is 11.4 Å². The fourth-order valence-corrected chi connectivity index (χ4v) is 3.57. The maximum absolute atomic E-state index is 12.7. The monoisotopic (exact) mass is 326 g/mol. The van der Waals surface area contributed by atoms with Gasteiger partial charge in [-0.25, -0.2) is 8.42 Å². The molecule has 7 heteroatoms. The van der Waals surface area contributed by atoms with Crippen molar-refractivity contribution in [2.75, 3.05) is 16.6 Å². The van der Waals surface area contributed by atoms with Gasteiger partial charge in [-0.05, 0) is 37.3 Å². The maximum atomic E-state index is 12.7. The highest BCUT2D eigenvalue weighted by molar-refractivity contribution is 7.92. The van der Waals surface area contributed by atoms with E-state index in [2.05, 4.69) is 0 Å². The number of nitrogen functional groups attached to an aromatic ring is 1. The zero-order valence-corrected chi connectivity index (χ0v) is 12.9. The Hall–Kier alpha value is -1.92. The number of rotatable bonds is 4. The van der Waals surface area contributed by atoms with Crippen molar-refractivity contribution in [3.63, 3.8) is 0 Å². The number of aromatic hydroxyl groups is 1. The van der Waals surface area contributed by atoms with E-state index >= 15 is 0 Å². The molecular weight excluding hydrogens is 312 g/mol. The molecule has 0 bridgehead atoms. The number of halogens is 1. The van der Waals surface area contributed by atoms with E-state index < -0.39 is 10.0 Å². The average molecular weight is 327 g/mol. The highest BCUT2D eigenvalue weighted by Crippen LogP contribution is 2.29. The molecule has 0 atom stereocenters. The SMILES string of the molecule is CCN(c1cccc(O)c1)S(=O)(=O)c1ccc(Cl)c(N)c1. The Labute approximate surface area is 128 Å². The summed E-state index contributed by atoms with van der Waals surface area (Å²) in [4.78, 5) is 0.0505. The molecule has 0 saturated heterocycles. The molecule has 21 heavy (non-hydrogen) atoms. The van der Waals surface area contributed by atoms with Gasteiger partial charge in [-0.1, -0.05) is 17.7 Å². The number of hydrogen-bond donors (Lipinski definition) is 2. The molecule has 0 saturated carbocycles. The van der Waals surface area contributed by atoms with Crippen LogP contribution in [0.2, 0.25) is 5.02 Å². The fraction of sp³-hybridized carbons (Fsp3) is 0.143. The molecule has 0 heterocycles. The quantitative estimate of drug-likeness (QED) is 0.846. The lowest BCUT2D eigenvalue weighted by Crippen LogP contribution is -2.30. The Morgan fingerprint density at radius 1 is 1.24 bits per heavy atom. The minimum Gasteiger partial charge on any atom is -0.508 e. The molecule has 0 fully saturated rings. The maximum Gasteiger partial charge on any atom is 0.264 e. The van der Waals surface area contributed by atoms with Crippen LogP contribution in [-0.2, 0) is 10.0 Å². The van der Waals surface area contributed by atoms with Gasteiger partial charge in [0.25, 0.3) is 10.0 Å². The molecule has 0 unspecified atom stereocenters. The van der Waals surface area contributed by atoms with Crippen LogP contribution in [0.5, 0.6) is 5.75 Å². The summed E-state index contributed by atoms with van der Waals surface area (Å²) in [5, 5.41) is 9.82. The first kappa shape index (κ1) is 15.5.